The van der Waals surface area contributed by atoms with Crippen LogP contribution in [-0.2, 0) is 16.1 Å². The van der Waals surface area contributed by atoms with Crippen LogP contribution in [0.3, 0.4) is 0 Å². The van der Waals surface area contributed by atoms with Gasteiger partial charge < -0.3 is 20.3 Å². The Bertz CT molecular complexity index is 1070. The van der Waals surface area contributed by atoms with Gasteiger partial charge in [0.15, 0.2) is 0 Å². The Kier molecular flexibility index (Phi) is 9.43. The smallest absolute Gasteiger partial charge is 0.407 e. The lowest BCUT2D eigenvalue weighted by Gasteiger charge is -2.26. The molecule has 1 amide bonds. The number of ether oxygens (including phenoxy) is 1. The van der Waals surface area contributed by atoms with Crippen LogP contribution >= 0.6 is 0 Å². The van der Waals surface area contributed by atoms with Gasteiger partial charge in [0.25, 0.3) is 0 Å². The first-order valence-electron chi connectivity index (χ1n) is 11.6. The number of hydrogen-bond acceptors (Lipinski definition) is 5. The van der Waals surface area contributed by atoms with E-state index in [0.29, 0.717) is 6.61 Å². The van der Waals surface area contributed by atoms with Crippen LogP contribution in [0.15, 0.2) is 72.8 Å². The second-order valence-corrected chi connectivity index (χ2v) is 8.24. The van der Waals surface area contributed by atoms with Gasteiger partial charge in [0, 0.05) is 6.54 Å². The van der Waals surface area contributed by atoms with Crippen LogP contribution in [0.4, 0.5) is 4.79 Å². The highest BCUT2D eigenvalue weighted by Crippen LogP contribution is 2.22. The molecule has 0 aliphatic rings. The van der Waals surface area contributed by atoms with E-state index < -0.39 is 30.3 Å². The molecule has 7 nitrogen and oxygen atoms in total. The van der Waals surface area contributed by atoms with Crippen molar-refractivity contribution in [3.05, 3.63) is 83.9 Å². The van der Waals surface area contributed by atoms with Gasteiger partial charge in [0.2, 0.25) is 0 Å². The summed E-state index contributed by atoms with van der Waals surface area (Å²) < 4.78 is 5.21. The number of aliphatic hydroxyl groups is 1. The molecule has 0 bridgehead atoms. The molecule has 34 heavy (non-hydrogen) atoms. The summed E-state index contributed by atoms with van der Waals surface area (Å²) in [6.45, 7) is 2.58. The molecular formula is C27H32N2O5. The molecule has 0 fully saturated rings. The SMILES string of the molecule is CCCCOC(=O)NC(CC(O)C(NCc1cccc2ccccc12)C(=O)O)c1ccccc1. The van der Waals surface area contributed by atoms with E-state index in [0.717, 1.165) is 34.7 Å². The fourth-order valence-corrected chi connectivity index (χ4v) is 3.89. The first-order chi connectivity index (χ1) is 16.5. The number of fused-ring (bicyclic) bond motifs is 1. The van der Waals surface area contributed by atoms with Crippen LogP contribution in [0.2, 0.25) is 0 Å². The zero-order valence-electron chi connectivity index (χ0n) is 19.3. The number of aliphatic carboxylic acids is 1. The molecule has 0 saturated carbocycles. The average molecular weight is 465 g/mol. The monoisotopic (exact) mass is 464 g/mol. The van der Waals surface area contributed by atoms with Crippen molar-refractivity contribution in [2.45, 2.75) is 50.9 Å². The van der Waals surface area contributed by atoms with Crippen molar-refractivity contribution in [3.63, 3.8) is 0 Å². The summed E-state index contributed by atoms with van der Waals surface area (Å²) in [6, 6.07) is 21.0. The van der Waals surface area contributed by atoms with E-state index in [4.69, 9.17) is 4.74 Å². The quantitative estimate of drug-likeness (QED) is 0.296. The number of benzene rings is 3. The fourth-order valence-electron chi connectivity index (χ4n) is 3.89. The lowest BCUT2D eigenvalue weighted by molar-refractivity contribution is -0.142. The Morgan fingerprint density at radius 1 is 0.971 bits per heavy atom. The molecular weight excluding hydrogens is 432 g/mol. The number of nitrogens with one attached hydrogen (secondary N) is 2. The molecule has 0 aromatic heterocycles. The number of carboxylic acids is 1. The summed E-state index contributed by atoms with van der Waals surface area (Å²) in [4.78, 5) is 24.3. The van der Waals surface area contributed by atoms with Crippen molar-refractivity contribution in [2.75, 3.05) is 6.61 Å². The van der Waals surface area contributed by atoms with Gasteiger partial charge in [-0.05, 0) is 34.7 Å². The van der Waals surface area contributed by atoms with E-state index in [1.165, 1.54) is 0 Å². The largest absolute Gasteiger partial charge is 0.480 e. The molecule has 0 aliphatic carbocycles. The predicted molar refractivity (Wildman–Crippen MR) is 131 cm³/mol. The van der Waals surface area contributed by atoms with Gasteiger partial charge >= 0.3 is 12.1 Å². The van der Waals surface area contributed by atoms with Gasteiger partial charge in [-0.15, -0.1) is 0 Å². The summed E-state index contributed by atoms with van der Waals surface area (Å²) in [6.07, 6.45) is -0.187. The zero-order chi connectivity index (χ0) is 24.3. The van der Waals surface area contributed by atoms with E-state index in [2.05, 4.69) is 10.6 Å². The highest BCUT2D eigenvalue weighted by molar-refractivity contribution is 5.85. The third-order valence-electron chi connectivity index (χ3n) is 5.75. The van der Waals surface area contributed by atoms with Gasteiger partial charge in [-0.3, -0.25) is 10.1 Å². The molecule has 3 rings (SSSR count). The van der Waals surface area contributed by atoms with Crippen molar-refractivity contribution in [1.29, 1.82) is 0 Å². The van der Waals surface area contributed by atoms with Gasteiger partial charge in [-0.1, -0.05) is 86.1 Å². The predicted octanol–water partition coefficient (Wildman–Crippen LogP) is 4.40. The number of carboxylic acid groups (broad SMARTS) is 1. The molecule has 3 aromatic rings. The van der Waals surface area contributed by atoms with Crippen molar-refractivity contribution < 1.29 is 24.5 Å². The maximum Gasteiger partial charge on any atom is 0.407 e. The topological polar surface area (TPSA) is 108 Å². The molecule has 3 aromatic carbocycles. The first kappa shape index (κ1) is 25.2. The third-order valence-corrected chi connectivity index (χ3v) is 5.75. The molecule has 0 spiro atoms. The summed E-state index contributed by atoms with van der Waals surface area (Å²) >= 11 is 0. The molecule has 0 saturated heterocycles. The van der Waals surface area contributed by atoms with Gasteiger partial charge in [-0.25, -0.2) is 4.79 Å². The maximum atomic E-state index is 12.3. The number of rotatable bonds is 12. The van der Waals surface area contributed by atoms with Crippen LogP contribution in [0.5, 0.6) is 0 Å². The zero-order valence-corrected chi connectivity index (χ0v) is 19.3. The Hall–Kier alpha value is -3.42. The standard InChI is InChI=1S/C27H32N2O5/c1-2-3-16-34-27(33)29-23(20-11-5-4-6-12-20)17-24(30)25(26(31)32)28-18-21-14-9-13-19-10-7-8-15-22(19)21/h4-15,23-25,28,30H,2-3,16-18H2,1H3,(H,29,33)(H,31,32). The molecule has 0 radical (unpaired) electrons. The van der Waals surface area contributed by atoms with Crippen molar-refractivity contribution in [1.82, 2.24) is 10.6 Å². The molecule has 4 N–H and O–H groups in total. The molecule has 0 heterocycles. The number of amides is 1. The van der Waals surface area contributed by atoms with Crippen molar-refractivity contribution in [3.8, 4) is 0 Å². The van der Waals surface area contributed by atoms with E-state index in [1.807, 2.05) is 79.7 Å². The molecule has 180 valence electrons. The number of carbonyl (C=O) groups is 2. The summed E-state index contributed by atoms with van der Waals surface area (Å²) in [5.74, 6) is -1.16. The van der Waals surface area contributed by atoms with Crippen molar-refractivity contribution >= 4 is 22.8 Å². The summed E-state index contributed by atoms with van der Waals surface area (Å²) in [5, 5.41) is 28.5. The van der Waals surface area contributed by atoms with Crippen LogP contribution < -0.4 is 10.6 Å². The minimum atomic E-state index is -1.26. The summed E-state index contributed by atoms with van der Waals surface area (Å²) in [5.41, 5.74) is 1.70. The number of unbranched alkanes of at least 4 members (excludes halogenated alkanes) is 1. The minimum Gasteiger partial charge on any atom is -0.480 e. The lowest BCUT2D eigenvalue weighted by atomic mass is 9.96. The average Bonchev–Trinajstić information content (AvgIpc) is 2.84. The van der Waals surface area contributed by atoms with Crippen LogP contribution in [0, 0.1) is 0 Å². The van der Waals surface area contributed by atoms with Gasteiger partial charge in [-0.2, -0.15) is 0 Å². The van der Waals surface area contributed by atoms with E-state index in [1.54, 1.807) is 0 Å². The number of alkyl carbamates (subject to hydrolysis) is 1. The van der Waals surface area contributed by atoms with E-state index >= 15 is 0 Å². The molecule has 3 unspecified atom stereocenters. The van der Waals surface area contributed by atoms with E-state index in [9.17, 15) is 19.8 Å². The van der Waals surface area contributed by atoms with Crippen LogP contribution in [0.25, 0.3) is 10.8 Å². The van der Waals surface area contributed by atoms with Crippen molar-refractivity contribution in [2.24, 2.45) is 0 Å². The molecule has 0 aliphatic heterocycles. The highest BCUT2D eigenvalue weighted by Gasteiger charge is 2.30. The number of hydrogen-bond donors (Lipinski definition) is 4. The fraction of sp³-hybridized carbons (Fsp3) is 0.333. The first-order valence-corrected chi connectivity index (χ1v) is 11.6. The minimum absolute atomic E-state index is 0.00634. The Labute approximate surface area is 199 Å². The van der Waals surface area contributed by atoms with E-state index in [-0.39, 0.29) is 13.0 Å². The maximum absolute atomic E-state index is 12.3. The Balaban J connectivity index is 1.71. The van der Waals surface area contributed by atoms with Crippen LogP contribution in [0.1, 0.15) is 43.4 Å². The van der Waals surface area contributed by atoms with Crippen LogP contribution in [-0.4, -0.2) is 41.0 Å². The number of carbonyl (C=O) groups excluding carboxylic acids is 1. The Morgan fingerprint density at radius 3 is 2.41 bits per heavy atom. The molecule has 3 atom stereocenters. The highest BCUT2D eigenvalue weighted by atomic mass is 16.5. The lowest BCUT2D eigenvalue weighted by Crippen LogP contribution is -2.47. The summed E-state index contributed by atoms with van der Waals surface area (Å²) in [7, 11) is 0. The normalized spacial score (nSPS) is 13.7. The number of aliphatic hydroxyl groups excluding tert-OH is 1. The third kappa shape index (κ3) is 7.04. The molecule has 7 heteroatoms. The Morgan fingerprint density at radius 2 is 1.68 bits per heavy atom. The second kappa shape index (κ2) is 12.7. The second-order valence-electron chi connectivity index (χ2n) is 8.24. The van der Waals surface area contributed by atoms with Gasteiger partial charge in [0.1, 0.15) is 6.04 Å². The van der Waals surface area contributed by atoms with Gasteiger partial charge in [0.05, 0.1) is 18.8 Å².